The average Bonchev–Trinajstić information content (AvgIpc) is 2.62. The van der Waals surface area contributed by atoms with Gasteiger partial charge in [-0.25, -0.2) is 9.59 Å². The van der Waals surface area contributed by atoms with Crippen molar-refractivity contribution in [3.8, 4) is 0 Å². The van der Waals surface area contributed by atoms with E-state index in [1.165, 1.54) is 0 Å². The highest BCUT2D eigenvalue weighted by atomic mass is 16.5. The maximum absolute atomic E-state index is 11.7. The van der Waals surface area contributed by atoms with Gasteiger partial charge in [-0.3, -0.25) is 14.5 Å². The average molecular weight is 367 g/mol. The molecule has 1 aliphatic rings. The van der Waals surface area contributed by atoms with Crippen LogP contribution in [0.3, 0.4) is 0 Å². The molecule has 0 bridgehead atoms. The van der Waals surface area contributed by atoms with Crippen molar-refractivity contribution in [3.05, 3.63) is 5.56 Å². The fourth-order valence-electron chi connectivity index (χ4n) is 2.24. The SMILES string of the molecule is Cc1c(NC(=O)C(=O)O)nc(N(C)C(=O)C(=O)O)nc1N1CCOCC1. The molecule has 1 fully saturated rings. The molecule has 1 saturated heterocycles. The summed E-state index contributed by atoms with van der Waals surface area (Å²) < 4.78 is 5.26. The molecule has 0 saturated carbocycles. The van der Waals surface area contributed by atoms with Gasteiger partial charge in [0, 0.05) is 25.7 Å². The maximum atomic E-state index is 11.7. The summed E-state index contributed by atoms with van der Waals surface area (Å²) in [6.45, 7) is 3.38. The van der Waals surface area contributed by atoms with Gasteiger partial charge in [0.2, 0.25) is 5.95 Å². The molecule has 3 N–H and O–H groups in total. The van der Waals surface area contributed by atoms with Crippen LogP contribution in [0.1, 0.15) is 5.56 Å². The lowest BCUT2D eigenvalue weighted by atomic mass is 10.2. The molecule has 140 valence electrons. The Labute approximate surface area is 147 Å². The van der Waals surface area contributed by atoms with E-state index < -0.39 is 23.8 Å². The number of morpholine rings is 1. The lowest BCUT2D eigenvalue weighted by Crippen LogP contribution is -2.39. The zero-order chi connectivity index (χ0) is 19.4. The Hall–Kier alpha value is -3.28. The molecular formula is C14H17N5O7. The minimum Gasteiger partial charge on any atom is -0.474 e. The largest absolute Gasteiger partial charge is 0.474 e. The van der Waals surface area contributed by atoms with E-state index in [1.54, 1.807) is 11.8 Å². The summed E-state index contributed by atoms with van der Waals surface area (Å²) in [5.74, 6) is -6.11. The van der Waals surface area contributed by atoms with Gasteiger partial charge in [0.1, 0.15) is 11.6 Å². The monoisotopic (exact) mass is 367 g/mol. The highest BCUT2D eigenvalue weighted by Gasteiger charge is 2.26. The molecule has 2 amide bonds. The number of carboxylic acids is 2. The van der Waals surface area contributed by atoms with Crippen LogP contribution >= 0.6 is 0 Å². The molecule has 26 heavy (non-hydrogen) atoms. The van der Waals surface area contributed by atoms with E-state index in [0.29, 0.717) is 42.6 Å². The van der Waals surface area contributed by atoms with Crippen LogP contribution in [0, 0.1) is 6.92 Å². The molecule has 2 heterocycles. The third kappa shape index (κ3) is 4.03. The first kappa shape index (κ1) is 19.1. The van der Waals surface area contributed by atoms with Crippen molar-refractivity contribution < 1.29 is 34.1 Å². The zero-order valence-electron chi connectivity index (χ0n) is 14.1. The Morgan fingerprint density at radius 3 is 2.27 bits per heavy atom. The number of anilines is 3. The number of hydrogen-bond acceptors (Lipinski definition) is 8. The van der Waals surface area contributed by atoms with Crippen molar-refractivity contribution >= 4 is 41.3 Å². The molecular weight excluding hydrogens is 350 g/mol. The number of amides is 2. The Morgan fingerprint density at radius 1 is 1.12 bits per heavy atom. The van der Waals surface area contributed by atoms with Gasteiger partial charge in [-0.2, -0.15) is 9.97 Å². The van der Waals surface area contributed by atoms with Crippen molar-refractivity contribution in [1.82, 2.24) is 9.97 Å². The van der Waals surface area contributed by atoms with E-state index in [9.17, 15) is 19.2 Å². The Morgan fingerprint density at radius 2 is 1.73 bits per heavy atom. The second-order valence-corrected chi connectivity index (χ2v) is 5.35. The summed E-state index contributed by atoms with van der Waals surface area (Å²) in [5.41, 5.74) is 0.376. The summed E-state index contributed by atoms with van der Waals surface area (Å²) in [6, 6.07) is 0. The molecule has 0 atom stereocenters. The van der Waals surface area contributed by atoms with Gasteiger partial charge in [-0.15, -0.1) is 0 Å². The molecule has 1 aliphatic heterocycles. The van der Waals surface area contributed by atoms with Gasteiger partial charge in [0.15, 0.2) is 0 Å². The number of nitrogens with one attached hydrogen (secondary N) is 1. The highest BCUT2D eigenvalue weighted by Crippen LogP contribution is 2.27. The number of ether oxygens (including phenoxy) is 1. The van der Waals surface area contributed by atoms with Gasteiger partial charge in [0.25, 0.3) is 0 Å². The summed E-state index contributed by atoms with van der Waals surface area (Å²) in [6.07, 6.45) is 0. The molecule has 1 aromatic rings. The topological polar surface area (TPSA) is 162 Å². The van der Waals surface area contributed by atoms with Crippen LogP contribution in [-0.4, -0.2) is 77.3 Å². The zero-order valence-corrected chi connectivity index (χ0v) is 14.1. The molecule has 0 aliphatic carbocycles. The van der Waals surface area contributed by atoms with Crippen molar-refractivity contribution in [1.29, 1.82) is 0 Å². The number of carboxylic acid groups (broad SMARTS) is 2. The second kappa shape index (κ2) is 7.74. The quantitative estimate of drug-likeness (QED) is 0.547. The van der Waals surface area contributed by atoms with Crippen LogP contribution in [0.4, 0.5) is 17.6 Å². The third-order valence-electron chi connectivity index (χ3n) is 3.63. The van der Waals surface area contributed by atoms with Crippen molar-refractivity contribution in [3.63, 3.8) is 0 Å². The Kier molecular flexibility index (Phi) is 5.67. The summed E-state index contributed by atoms with van der Waals surface area (Å²) in [7, 11) is 1.16. The van der Waals surface area contributed by atoms with E-state index >= 15 is 0 Å². The minimum atomic E-state index is -1.72. The molecule has 0 aromatic carbocycles. The molecule has 0 unspecified atom stereocenters. The standard InChI is InChI=1S/C14H17N5O7/c1-7-8(15-10(20)12(22)23)16-14(18(2)11(21)13(24)25)17-9(7)19-3-5-26-6-4-19/h3-6H2,1-2H3,(H,22,23)(H,24,25)(H,15,16,17,20). The number of aliphatic carboxylic acids is 2. The molecule has 1 aromatic heterocycles. The van der Waals surface area contributed by atoms with Crippen molar-refractivity contribution in [2.24, 2.45) is 0 Å². The van der Waals surface area contributed by atoms with Crippen LogP contribution in [0.5, 0.6) is 0 Å². The number of aromatic nitrogens is 2. The predicted octanol–water partition coefficient (Wildman–Crippen LogP) is -1.31. The van der Waals surface area contributed by atoms with Crippen LogP contribution in [0.2, 0.25) is 0 Å². The van der Waals surface area contributed by atoms with E-state index in [1.807, 2.05) is 0 Å². The maximum Gasteiger partial charge on any atom is 0.395 e. The minimum absolute atomic E-state index is 0.131. The smallest absolute Gasteiger partial charge is 0.395 e. The highest BCUT2D eigenvalue weighted by molar-refractivity contribution is 6.37. The number of nitrogens with zero attached hydrogens (tertiary/aromatic N) is 4. The van der Waals surface area contributed by atoms with E-state index in [0.717, 1.165) is 7.05 Å². The number of hydrogen-bond donors (Lipinski definition) is 3. The number of rotatable bonds is 3. The van der Waals surface area contributed by atoms with Gasteiger partial charge in [0.05, 0.1) is 13.2 Å². The molecule has 12 nitrogen and oxygen atoms in total. The van der Waals surface area contributed by atoms with Crippen molar-refractivity contribution in [2.45, 2.75) is 6.92 Å². The van der Waals surface area contributed by atoms with Crippen LogP contribution in [-0.2, 0) is 23.9 Å². The lowest BCUT2D eigenvalue weighted by Gasteiger charge is -2.30. The normalized spacial score (nSPS) is 13.8. The van der Waals surface area contributed by atoms with E-state index in [4.69, 9.17) is 14.9 Å². The van der Waals surface area contributed by atoms with Crippen LogP contribution < -0.4 is 15.1 Å². The Balaban J connectivity index is 2.50. The fourth-order valence-corrected chi connectivity index (χ4v) is 2.24. The van der Waals surface area contributed by atoms with Crippen LogP contribution in [0.15, 0.2) is 0 Å². The first-order valence-electron chi connectivity index (χ1n) is 7.49. The molecule has 2 rings (SSSR count). The first-order chi connectivity index (χ1) is 12.2. The van der Waals surface area contributed by atoms with Crippen LogP contribution in [0.25, 0.3) is 0 Å². The lowest BCUT2D eigenvalue weighted by molar-refractivity contribution is -0.148. The molecule has 12 heteroatoms. The van der Waals surface area contributed by atoms with E-state index in [-0.39, 0.29) is 11.8 Å². The summed E-state index contributed by atoms with van der Waals surface area (Å²) in [4.78, 5) is 55.5. The Bertz CT molecular complexity index is 760. The first-order valence-corrected chi connectivity index (χ1v) is 7.49. The molecule has 0 spiro atoms. The number of likely N-dealkylation sites (N-methyl/N-ethyl adjacent to an activating group) is 1. The predicted molar refractivity (Wildman–Crippen MR) is 87.1 cm³/mol. The van der Waals surface area contributed by atoms with Crippen molar-refractivity contribution in [2.75, 3.05) is 48.5 Å². The third-order valence-corrected chi connectivity index (χ3v) is 3.63. The van der Waals surface area contributed by atoms with Gasteiger partial charge in [-0.1, -0.05) is 0 Å². The van der Waals surface area contributed by atoms with E-state index in [2.05, 4.69) is 15.3 Å². The second-order valence-electron chi connectivity index (χ2n) is 5.35. The van der Waals surface area contributed by atoms with Gasteiger partial charge < -0.3 is 25.2 Å². The summed E-state index contributed by atoms with van der Waals surface area (Å²) in [5, 5.41) is 19.7. The van der Waals surface area contributed by atoms with Gasteiger partial charge >= 0.3 is 23.8 Å². The number of carbonyl (C=O) groups is 4. The van der Waals surface area contributed by atoms with Gasteiger partial charge in [-0.05, 0) is 6.92 Å². The number of carbonyl (C=O) groups excluding carboxylic acids is 2. The fraction of sp³-hybridized carbons (Fsp3) is 0.429. The molecule has 0 radical (unpaired) electrons. The summed E-state index contributed by atoms with van der Waals surface area (Å²) >= 11 is 0.